The summed E-state index contributed by atoms with van der Waals surface area (Å²) in [6, 6.07) is 9.62. The molecule has 1 aromatic carbocycles. The van der Waals surface area contributed by atoms with E-state index < -0.39 is 0 Å². The fraction of sp³-hybridized carbons (Fsp3) is 0.429. The predicted octanol–water partition coefficient (Wildman–Crippen LogP) is 3.32. The molecule has 3 heterocycles. The largest absolute Gasteiger partial charge is 0.379 e. The third-order valence-electron chi connectivity index (χ3n) is 5.42. The molecule has 5 nitrogen and oxygen atoms in total. The molecule has 142 valence electrons. The van der Waals surface area contributed by atoms with Crippen LogP contribution in [0.2, 0.25) is 5.02 Å². The number of ether oxygens (including phenoxy) is 1. The first-order valence-corrected chi connectivity index (χ1v) is 9.90. The summed E-state index contributed by atoms with van der Waals surface area (Å²) in [5, 5.41) is 3.77. The van der Waals surface area contributed by atoms with Gasteiger partial charge in [-0.15, -0.1) is 0 Å². The topological polar surface area (TPSA) is 54.5 Å². The summed E-state index contributed by atoms with van der Waals surface area (Å²) in [5.74, 6) is 0.163. The van der Waals surface area contributed by atoms with E-state index >= 15 is 0 Å². The molecule has 2 atom stereocenters. The lowest BCUT2D eigenvalue weighted by molar-refractivity contribution is 0.0925. The summed E-state index contributed by atoms with van der Waals surface area (Å²) in [6.45, 7) is 3.26. The molecular weight excluding hydrogens is 362 g/mol. The van der Waals surface area contributed by atoms with Crippen LogP contribution >= 0.6 is 11.6 Å². The average Bonchev–Trinajstić information content (AvgIpc) is 3.35. The van der Waals surface area contributed by atoms with E-state index in [0.29, 0.717) is 23.8 Å². The Morgan fingerprint density at radius 2 is 1.96 bits per heavy atom. The zero-order chi connectivity index (χ0) is 18.6. The van der Waals surface area contributed by atoms with E-state index in [-0.39, 0.29) is 17.9 Å². The fourth-order valence-corrected chi connectivity index (χ4v) is 4.20. The fourth-order valence-electron chi connectivity index (χ4n) is 3.90. The molecule has 0 aliphatic carbocycles. The number of hydrogen-bond donors (Lipinski definition) is 1. The van der Waals surface area contributed by atoms with Crippen LogP contribution in [0.25, 0.3) is 0 Å². The van der Waals surface area contributed by atoms with Gasteiger partial charge in [-0.2, -0.15) is 0 Å². The SMILES string of the molecule is O=C(N[C@H]1COC[C@H]1Cc1ccncc1)c1ccc(N2CCCC2)c(Cl)c1. The number of rotatable bonds is 5. The number of anilines is 1. The van der Waals surface area contributed by atoms with E-state index in [1.165, 1.54) is 18.4 Å². The Morgan fingerprint density at radius 3 is 2.70 bits per heavy atom. The molecule has 27 heavy (non-hydrogen) atoms. The lowest BCUT2D eigenvalue weighted by atomic mass is 9.95. The quantitative estimate of drug-likeness (QED) is 0.857. The lowest BCUT2D eigenvalue weighted by Gasteiger charge is -2.21. The minimum Gasteiger partial charge on any atom is -0.379 e. The van der Waals surface area contributed by atoms with Gasteiger partial charge in [-0.3, -0.25) is 9.78 Å². The van der Waals surface area contributed by atoms with Crippen molar-refractivity contribution in [2.45, 2.75) is 25.3 Å². The lowest BCUT2D eigenvalue weighted by Crippen LogP contribution is -2.40. The Kier molecular flexibility index (Phi) is 5.60. The van der Waals surface area contributed by atoms with Gasteiger partial charge in [-0.25, -0.2) is 0 Å². The normalized spacial score (nSPS) is 22.2. The van der Waals surface area contributed by atoms with E-state index in [1.54, 1.807) is 18.5 Å². The second-order valence-electron chi connectivity index (χ2n) is 7.30. The number of carbonyl (C=O) groups is 1. The molecule has 1 aromatic heterocycles. The highest BCUT2D eigenvalue weighted by Crippen LogP contribution is 2.29. The van der Waals surface area contributed by atoms with Crippen LogP contribution in [0.15, 0.2) is 42.7 Å². The van der Waals surface area contributed by atoms with Crippen LogP contribution in [-0.4, -0.2) is 43.2 Å². The number of carbonyl (C=O) groups excluding carboxylic acids is 1. The molecule has 0 spiro atoms. The Balaban J connectivity index is 1.41. The number of pyridine rings is 1. The summed E-state index contributed by atoms with van der Waals surface area (Å²) in [7, 11) is 0. The maximum absolute atomic E-state index is 12.7. The van der Waals surface area contributed by atoms with Gasteiger partial charge in [0.05, 0.1) is 30.0 Å². The van der Waals surface area contributed by atoms with E-state index in [4.69, 9.17) is 16.3 Å². The van der Waals surface area contributed by atoms with E-state index in [1.807, 2.05) is 24.3 Å². The molecule has 0 radical (unpaired) electrons. The maximum atomic E-state index is 12.7. The third-order valence-corrected chi connectivity index (χ3v) is 5.72. The van der Waals surface area contributed by atoms with Gasteiger partial charge in [0, 0.05) is 37.0 Å². The van der Waals surface area contributed by atoms with Gasteiger partial charge in [0.15, 0.2) is 0 Å². The Hall–Kier alpha value is -2.11. The first kappa shape index (κ1) is 18.3. The van der Waals surface area contributed by atoms with Crippen molar-refractivity contribution in [1.29, 1.82) is 0 Å². The van der Waals surface area contributed by atoms with Crippen LogP contribution in [0.1, 0.15) is 28.8 Å². The van der Waals surface area contributed by atoms with Crippen LogP contribution in [0.3, 0.4) is 0 Å². The smallest absolute Gasteiger partial charge is 0.251 e. The van der Waals surface area contributed by atoms with E-state index in [9.17, 15) is 4.79 Å². The Bertz CT molecular complexity index is 793. The highest BCUT2D eigenvalue weighted by Gasteiger charge is 2.30. The van der Waals surface area contributed by atoms with Crippen molar-refractivity contribution in [3.8, 4) is 0 Å². The molecule has 4 rings (SSSR count). The van der Waals surface area contributed by atoms with E-state index in [2.05, 4.69) is 15.2 Å². The standard InChI is InChI=1S/C21H24ClN3O2/c22-18-12-16(3-4-20(18)25-9-1-2-10-25)21(26)24-19-14-27-13-17(19)11-15-5-7-23-8-6-15/h3-8,12,17,19H,1-2,9-11,13-14H2,(H,24,26)/t17-,19+/m1/s1. The minimum atomic E-state index is -0.0971. The molecule has 0 unspecified atom stereocenters. The van der Waals surface area contributed by atoms with Crippen molar-refractivity contribution in [1.82, 2.24) is 10.3 Å². The van der Waals surface area contributed by atoms with Crippen LogP contribution in [-0.2, 0) is 11.2 Å². The number of halogens is 1. The molecule has 1 N–H and O–H groups in total. The monoisotopic (exact) mass is 385 g/mol. The van der Waals surface area contributed by atoms with Gasteiger partial charge >= 0.3 is 0 Å². The Morgan fingerprint density at radius 1 is 1.19 bits per heavy atom. The van der Waals surface area contributed by atoms with Gasteiger partial charge in [0.1, 0.15) is 0 Å². The number of amides is 1. The van der Waals surface area contributed by atoms with Crippen LogP contribution in [0.5, 0.6) is 0 Å². The first-order chi connectivity index (χ1) is 13.2. The molecule has 0 bridgehead atoms. The van der Waals surface area contributed by atoms with Crippen molar-refractivity contribution in [2.24, 2.45) is 5.92 Å². The zero-order valence-electron chi connectivity index (χ0n) is 15.2. The van der Waals surface area contributed by atoms with Gasteiger partial charge < -0.3 is 15.0 Å². The number of nitrogens with one attached hydrogen (secondary N) is 1. The van der Waals surface area contributed by atoms with Crippen LogP contribution in [0.4, 0.5) is 5.69 Å². The summed E-state index contributed by atoms with van der Waals surface area (Å²) >= 11 is 6.45. The predicted molar refractivity (Wildman–Crippen MR) is 106 cm³/mol. The number of aromatic nitrogens is 1. The zero-order valence-corrected chi connectivity index (χ0v) is 16.0. The van der Waals surface area contributed by atoms with Gasteiger partial charge in [-0.1, -0.05) is 11.6 Å². The van der Waals surface area contributed by atoms with Crippen molar-refractivity contribution in [3.05, 3.63) is 58.9 Å². The van der Waals surface area contributed by atoms with Crippen molar-refractivity contribution in [3.63, 3.8) is 0 Å². The molecule has 2 fully saturated rings. The summed E-state index contributed by atoms with van der Waals surface area (Å²) in [4.78, 5) is 19.1. The second-order valence-corrected chi connectivity index (χ2v) is 7.70. The molecule has 2 aliphatic heterocycles. The Labute approximate surface area is 164 Å². The van der Waals surface area contributed by atoms with Crippen molar-refractivity contribution < 1.29 is 9.53 Å². The highest BCUT2D eigenvalue weighted by molar-refractivity contribution is 6.33. The average molecular weight is 386 g/mol. The molecule has 1 amide bonds. The number of nitrogens with zero attached hydrogens (tertiary/aromatic N) is 2. The molecule has 0 saturated carbocycles. The summed E-state index contributed by atoms with van der Waals surface area (Å²) < 4.78 is 5.63. The second kappa shape index (κ2) is 8.28. The van der Waals surface area contributed by atoms with Gasteiger partial charge in [0.2, 0.25) is 0 Å². The maximum Gasteiger partial charge on any atom is 0.251 e. The summed E-state index contributed by atoms with van der Waals surface area (Å²) in [5.41, 5.74) is 2.82. The molecule has 2 aromatic rings. The summed E-state index contributed by atoms with van der Waals surface area (Å²) in [6.07, 6.45) is 6.84. The molecule has 6 heteroatoms. The van der Waals surface area contributed by atoms with Crippen LogP contribution in [0, 0.1) is 5.92 Å². The molecule has 2 saturated heterocycles. The first-order valence-electron chi connectivity index (χ1n) is 9.53. The molecule has 2 aliphatic rings. The highest BCUT2D eigenvalue weighted by atomic mass is 35.5. The number of hydrogen-bond acceptors (Lipinski definition) is 4. The van der Waals surface area contributed by atoms with Crippen molar-refractivity contribution in [2.75, 3.05) is 31.2 Å². The van der Waals surface area contributed by atoms with Gasteiger partial charge in [-0.05, 0) is 55.2 Å². The van der Waals surface area contributed by atoms with Crippen LogP contribution < -0.4 is 10.2 Å². The number of benzene rings is 1. The van der Waals surface area contributed by atoms with Gasteiger partial charge in [0.25, 0.3) is 5.91 Å². The van der Waals surface area contributed by atoms with E-state index in [0.717, 1.165) is 25.2 Å². The van der Waals surface area contributed by atoms with Crippen molar-refractivity contribution >= 4 is 23.2 Å². The third kappa shape index (κ3) is 4.25. The molecular formula is C21H24ClN3O2. The minimum absolute atomic E-state index is 0.00250.